The summed E-state index contributed by atoms with van der Waals surface area (Å²) in [5.41, 5.74) is 23.9. The molecule has 0 aliphatic rings. The third-order valence-corrected chi connectivity index (χ3v) is 20.2. The van der Waals surface area contributed by atoms with Crippen molar-refractivity contribution in [3.8, 4) is 34.5 Å². The molecule has 0 aliphatic heterocycles. The third-order valence-electron chi connectivity index (χ3n) is 20.2. The molecular formula is C91H130O6. The molecule has 0 aliphatic carbocycles. The second-order valence-corrected chi connectivity index (χ2v) is 39.3. The fraction of sp³-hybridized carbons (Fsp3) is 0.538. The van der Waals surface area contributed by atoms with Crippen LogP contribution >= 0.6 is 0 Å². The van der Waals surface area contributed by atoms with Gasteiger partial charge in [-0.15, -0.1) is 0 Å². The van der Waals surface area contributed by atoms with Crippen LogP contribution in [-0.2, 0) is 86.3 Å². The molecule has 0 saturated carbocycles. The molecule has 7 rings (SSSR count). The summed E-state index contributed by atoms with van der Waals surface area (Å²) in [6, 6.07) is 25.9. The molecule has 0 atom stereocenters. The van der Waals surface area contributed by atoms with E-state index in [1.165, 1.54) is 44.5 Å². The minimum absolute atomic E-state index is 0.151. The molecule has 0 saturated heterocycles. The maximum absolute atomic E-state index is 12.2. The molecule has 530 valence electrons. The van der Waals surface area contributed by atoms with E-state index in [9.17, 15) is 30.6 Å². The number of rotatable bonds is 10. The van der Waals surface area contributed by atoms with Crippen molar-refractivity contribution in [2.45, 2.75) is 322 Å². The highest BCUT2D eigenvalue weighted by Gasteiger charge is 2.34. The SMILES string of the molecule is CC(C)(C)c1cc(Cc2cc(Cc3cc(C(C)(C)C)c(O)c(C(C)(C)C)c3)c(O)c(Cc3cc(C(C)(C)C)c(O)c(C(C)(C)C)c3)c2)cc(C(C)(C)C)c1O.Cc1c(C)c(Cc2cc(C(C)(C)C)c(O)c(C(C)(C)C)c2)c(C)c(C)c1Cc1cc(C(C)(C)C)c(O)c(C(C)(C)C)c1. The zero-order valence-corrected chi connectivity index (χ0v) is 67.1. The number of hydrogen-bond acceptors (Lipinski definition) is 6. The molecule has 0 aromatic heterocycles. The first kappa shape index (κ1) is 79.3. The van der Waals surface area contributed by atoms with Gasteiger partial charge in [-0.05, 0) is 235 Å². The zero-order valence-electron chi connectivity index (χ0n) is 67.1. The first-order valence-corrected chi connectivity index (χ1v) is 35.8. The summed E-state index contributed by atoms with van der Waals surface area (Å²) in [5, 5.41) is 69.2. The van der Waals surface area contributed by atoms with Gasteiger partial charge in [-0.2, -0.15) is 0 Å². The number of phenols is 6. The standard InChI is InChI=1S/C51H72O4.C40H58O2/c1-46(2,3)36-24-31(25-37(43(36)53)47(4,5)6)19-30-20-34(22-32-26-38(48(7,8)9)44(54)39(27-32)49(10,11)12)42(52)35(21-30)23-33-28-40(50(13,14)15)45(55)41(29-33)51(16,17)18;1-23-24(2)30(18-28-21-33(39(11,12)13)36(42)34(22-28)40(14,15)16)26(4)25(3)29(23)17-27-19-31(37(5,6)7)35(41)32(20-27)38(8,9)10/h20-21,24-29,52-55H,19,22-23H2,1-18H3;19-22,41-42H,17-18H2,1-16H3. The lowest BCUT2D eigenvalue weighted by atomic mass is 9.76. The summed E-state index contributed by atoms with van der Waals surface area (Å²) >= 11 is 0. The predicted molar refractivity (Wildman–Crippen MR) is 415 cm³/mol. The van der Waals surface area contributed by atoms with Gasteiger partial charge in [0.05, 0.1) is 0 Å². The van der Waals surface area contributed by atoms with Crippen LogP contribution in [0.2, 0.25) is 0 Å². The Bertz CT molecular complexity index is 3640. The Morgan fingerprint density at radius 3 is 0.474 bits per heavy atom. The van der Waals surface area contributed by atoms with Crippen molar-refractivity contribution in [2.24, 2.45) is 0 Å². The molecule has 0 unspecified atom stereocenters. The van der Waals surface area contributed by atoms with E-state index >= 15 is 0 Å². The first-order chi connectivity index (χ1) is 43.5. The molecular weight excluding hydrogens is 1190 g/mol. The van der Waals surface area contributed by atoms with Crippen molar-refractivity contribution in [1.29, 1.82) is 0 Å². The van der Waals surface area contributed by atoms with Crippen LogP contribution in [-0.4, -0.2) is 30.6 Å². The lowest BCUT2D eigenvalue weighted by Gasteiger charge is -2.29. The highest BCUT2D eigenvalue weighted by Crippen LogP contribution is 2.47. The van der Waals surface area contributed by atoms with Crippen LogP contribution in [0.15, 0.2) is 72.8 Å². The van der Waals surface area contributed by atoms with Crippen molar-refractivity contribution in [3.63, 3.8) is 0 Å². The van der Waals surface area contributed by atoms with Gasteiger partial charge < -0.3 is 30.6 Å². The molecule has 6 nitrogen and oxygen atoms in total. The van der Waals surface area contributed by atoms with Gasteiger partial charge in [-0.25, -0.2) is 0 Å². The van der Waals surface area contributed by atoms with E-state index in [1.54, 1.807) is 0 Å². The average Bonchev–Trinajstić information content (AvgIpc) is 0.783. The predicted octanol–water partition coefficient (Wildman–Crippen LogP) is 23.8. The molecule has 0 spiro atoms. The Morgan fingerprint density at radius 2 is 0.320 bits per heavy atom. The Labute approximate surface area is 589 Å². The van der Waals surface area contributed by atoms with Crippen LogP contribution in [0.4, 0.5) is 0 Å². The number of hydrogen-bond donors (Lipinski definition) is 6. The second kappa shape index (κ2) is 27.1. The van der Waals surface area contributed by atoms with Crippen LogP contribution < -0.4 is 0 Å². The molecule has 6 N–H and O–H groups in total. The normalized spacial score (nSPS) is 13.3. The molecule has 6 heteroatoms. The monoisotopic (exact) mass is 1320 g/mol. The lowest BCUT2D eigenvalue weighted by molar-refractivity contribution is 0.422. The van der Waals surface area contributed by atoms with E-state index in [1.807, 2.05) is 0 Å². The minimum Gasteiger partial charge on any atom is -0.507 e. The second-order valence-electron chi connectivity index (χ2n) is 39.3. The Hall–Kier alpha value is -6.66. The lowest BCUT2D eigenvalue weighted by Crippen LogP contribution is -2.18. The van der Waals surface area contributed by atoms with Gasteiger partial charge in [0.15, 0.2) is 0 Å². The van der Waals surface area contributed by atoms with E-state index in [0.29, 0.717) is 48.0 Å². The summed E-state index contributed by atoms with van der Waals surface area (Å²) in [7, 11) is 0. The maximum atomic E-state index is 12.2. The van der Waals surface area contributed by atoms with Crippen LogP contribution in [0.5, 0.6) is 34.5 Å². The van der Waals surface area contributed by atoms with E-state index in [4.69, 9.17) is 0 Å². The summed E-state index contributed by atoms with van der Waals surface area (Å²) in [6.07, 6.45) is 3.29. The minimum atomic E-state index is -0.280. The Balaban J connectivity index is 0.000000318. The largest absolute Gasteiger partial charge is 0.507 e. The van der Waals surface area contributed by atoms with Crippen molar-refractivity contribution in [3.05, 3.63) is 206 Å². The van der Waals surface area contributed by atoms with E-state index in [0.717, 1.165) is 102 Å². The van der Waals surface area contributed by atoms with Crippen molar-refractivity contribution >= 4 is 0 Å². The van der Waals surface area contributed by atoms with E-state index in [2.05, 4.69) is 308 Å². The smallest absolute Gasteiger partial charge is 0.123 e. The molecule has 97 heavy (non-hydrogen) atoms. The van der Waals surface area contributed by atoms with Crippen LogP contribution in [0.3, 0.4) is 0 Å². The van der Waals surface area contributed by atoms with Crippen LogP contribution in [0.1, 0.15) is 341 Å². The molecule has 0 radical (unpaired) electrons. The van der Waals surface area contributed by atoms with Gasteiger partial charge in [-0.3, -0.25) is 0 Å². The summed E-state index contributed by atoms with van der Waals surface area (Å²) in [4.78, 5) is 0. The van der Waals surface area contributed by atoms with Gasteiger partial charge in [0, 0.05) is 12.8 Å². The number of aromatic hydroxyl groups is 6. The van der Waals surface area contributed by atoms with Gasteiger partial charge in [0.2, 0.25) is 0 Å². The first-order valence-electron chi connectivity index (χ1n) is 35.8. The van der Waals surface area contributed by atoms with Crippen molar-refractivity contribution in [2.75, 3.05) is 0 Å². The summed E-state index contributed by atoms with van der Waals surface area (Å²) in [6.45, 7) is 73.5. The van der Waals surface area contributed by atoms with Gasteiger partial charge in [0.25, 0.3) is 0 Å². The molecule has 0 amide bonds. The fourth-order valence-corrected chi connectivity index (χ4v) is 14.0. The Kier molecular flexibility index (Phi) is 22.2. The van der Waals surface area contributed by atoms with Crippen LogP contribution in [0, 0.1) is 27.7 Å². The van der Waals surface area contributed by atoms with Gasteiger partial charge >= 0.3 is 0 Å². The average molecular weight is 1320 g/mol. The molecule has 7 aromatic carbocycles. The topological polar surface area (TPSA) is 121 Å². The van der Waals surface area contributed by atoms with Crippen molar-refractivity contribution in [1.82, 2.24) is 0 Å². The molecule has 0 fully saturated rings. The summed E-state index contributed by atoms with van der Waals surface area (Å²) in [5.74, 6) is 2.20. The van der Waals surface area contributed by atoms with Crippen molar-refractivity contribution < 1.29 is 30.6 Å². The van der Waals surface area contributed by atoms with E-state index < -0.39 is 0 Å². The van der Waals surface area contributed by atoms with Gasteiger partial charge in [0.1, 0.15) is 34.5 Å². The number of benzene rings is 7. The molecule has 0 bridgehead atoms. The number of phenolic OH excluding ortho intramolecular Hbond substituents is 6. The third kappa shape index (κ3) is 18.2. The van der Waals surface area contributed by atoms with Gasteiger partial charge in [-0.1, -0.05) is 281 Å². The highest BCUT2D eigenvalue weighted by molar-refractivity contribution is 5.60. The van der Waals surface area contributed by atoms with E-state index in [-0.39, 0.29) is 59.9 Å². The maximum Gasteiger partial charge on any atom is 0.123 e. The summed E-state index contributed by atoms with van der Waals surface area (Å²) < 4.78 is 0. The quantitative estimate of drug-likeness (QED) is 0.0811. The Morgan fingerprint density at radius 1 is 0.186 bits per heavy atom. The van der Waals surface area contributed by atoms with Crippen LogP contribution in [0.25, 0.3) is 0 Å². The molecule has 7 aromatic rings. The fourth-order valence-electron chi connectivity index (χ4n) is 14.0. The zero-order chi connectivity index (χ0) is 74.3. The highest BCUT2D eigenvalue weighted by atomic mass is 16.3. The molecule has 0 heterocycles.